The zero-order valence-electron chi connectivity index (χ0n) is 9.83. The summed E-state index contributed by atoms with van der Waals surface area (Å²) in [5.41, 5.74) is 0. The van der Waals surface area contributed by atoms with Crippen LogP contribution >= 0.6 is 11.8 Å². The Kier molecular flexibility index (Phi) is 7.44. The molecule has 90 valence electrons. The van der Waals surface area contributed by atoms with Crippen molar-refractivity contribution in [3.8, 4) is 0 Å². The predicted molar refractivity (Wildman–Crippen MR) is 65.6 cm³/mol. The standard InChI is InChI=1S/C11H23NO2S/c1-12-11(10-4-6-14-8-10)9-15-7-3-5-13-2/h10-12H,3-9H2,1-2H3. The van der Waals surface area contributed by atoms with Crippen LogP contribution < -0.4 is 5.32 Å². The first-order valence-electron chi connectivity index (χ1n) is 5.70. The van der Waals surface area contributed by atoms with E-state index in [1.54, 1.807) is 7.11 Å². The molecule has 15 heavy (non-hydrogen) atoms. The summed E-state index contributed by atoms with van der Waals surface area (Å²) in [6.45, 7) is 2.76. The summed E-state index contributed by atoms with van der Waals surface area (Å²) >= 11 is 2.01. The number of ether oxygens (including phenoxy) is 2. The van der Waals surface area contributed by atoms with Gasteiger partial charge in [-0.2, -0.15) is 11.8 Å². The molecular formula is C11H23NO2S. The molecule has 1 aliphatic rings. The highest BCUT2D eigenvalue weighted by molar-refractivity contribution is 7.99. The van der Waals surface area contributed by atoms with Crippen LogP contribution in [-0.4, -0.2) is 51.5 Å². The van der Waals surface area contributed by atoms with Crippen LogP contribution in [0.4, 0.5) is 0 Å². The lowest BCUT2D eigenvalue weighted by atomic mass is 10.0. The van der Waals surface area contributed by atoms with E-state index in [2.05, 4.69) is 12.4 Å². The minimum Gasteiger partial charge on any atom is -0.385 e. The van der Waals surface area contributed by atoms with Crippen molar-refractivity contribution in [3.05, 3.63) is 0 Å². The molecule has 0 saturated carbocycles. The molecule has 1 heterocycles. The summed E-state index contributed by atoms with van der Waals surface area (Å²) in [7, 11) is 3.82. The van der Waals surface area contributed by atoms with Gasteiger partial charge in [0, 0.05) is 38.0 Å². The van der Waals surface area contributed by atoms with Crippen molar-refractivity contribution in [1.29, 1.82) is 0 Å². The van der Waals surface area contributed by atoms with Gasteiger partial charge in [-0.15, -0.1) is 0 Å². The van der Waals surface area contributed by atoms with Gasteiger partial charge in [0.05, 0.1) is 6.61 Å². The van der Waals surface area contributed by atoms with Crippen molar-refractivity contribution in [2.24, 2.45) is 5.92 Å². The fourth-order valence-corrected chi connectivity index (χ4v) is 3.02. The first kappa shape index (κ1) is 13.3. The third-order valence-corrected chi connectivity index (χ3v) is 4.01. The molecular weight excluding hydrogens is 210 g/mol. The largest absolute Gasteiger partial charge is 0.385 e. The average molecular weight is 233 g/mol. The first-order valence-corrected chi connectivity index (χ1v) is 6.85. The molecule has 0 aliphatic carbocycles. The predicted octanol–water partition coefficient (Wildman–Crippen LogP) is 1.38. The lowest BCUT2D eigenvalue weighted by Crippen LogP contribution is -2.36. The monoisotopic (exact) mass is 233 g/mol. The highest BCUT2D eigenvalue weighted by Gasteiger charge is 2.24. The van der Waals surface area contributed by atoms with E-state index in [0.29, 0.717) is 12.0 Å². The first-order chi connectivity index (χ1) is 7.38. The Bertz CT molecular complexity index is 152. The number of methoxy groups -OCH3 is 1. The molecule has 1 saturated heterocycles. The van der Waals surface area contributed by atoms with Crippen molar-refractivity contribution in [2.75, 3.05) is 45.5 Å². The van der Waals surface area contributed by atoms with Crippen molar-refractivity contribution < 1.29 is 9.47 Å². The Balaban J connectivity index is 2.05. The van der Waals surface area contributed by atoms with E-state index < -0.39 is 0 Å². The van der Waals surface area contributed by atoms with Crippen molar-refractivity contribution in [3.63, 3.8) is 0 Å². The van der Waals surface area contributed by atoms with Crippen molar-refractivity contribution >= 4 is 11.8 Å². The van der Waals surface area contributed by atoms with Gasteiger partial charge < -0.3 is 14.8 Å². The highest BCUT2D eigenvalue weighted by Crippen LogP contribution is 2.19. The van der Waals surface area contributed by atoms with Crippen LogP contribution in [0.15, 0.2) is 0 Å². The van der Waals surface area contributed by atoms with E-state index >= 15 is 0 Å². The van der Waals surface area contributed by atoms with Crippen molar-refractivity contribution in [2.45, 2.75) is 18.9 Å². The maximum Gasteiger partial charge on any atom is 0.0510 e. The van der Waals surface area contributed by atoms with E-state index in [9.17, 15) is 0 Å². The molecule has 2 atom stereocenters. The molecule has 1 aliphatic heterocycles. The number of thioether (sulfide) groups is 1. The summed E-state index contributed by atoms with van der Waals surface area (Å²) in [4.78, 5) is 0. The fourth-order valence-electron chi connectivity index (χ4n) is 1.84. The third kappa shape index (κ3) is 5.20. The van der Waals surface area contributed by atoms with Crippen LogP contribution in [0.5, 0.6) is 0 Å². The van der Waals surface area contributed by atoms with E-state index in [1.165, 1.54) is 17.9 Å². The van der Waals surface area contributed by atoms with Crippen LogP contribution in [-0.2, 0) is 9.47 Å². The molecule has 3 nitrogen and oxygen atoms in total. The molecule has 4 heteroatoms. The summed E-state index contributed by atoms with van der Waals surface area (Å²) in [6, 6.07) is 0.611. The topological polar surface area (TPSA) is 30.5 Å². The molecule has 1 rings (SSSR count). The van der Waals surface area contributed by atoms with Gasteiger partial charge in [-0.25, -0.2) is 0 Å². The average Bonchev–Trinajstić information content (AvgIpc) is 2.77. The zero-order valence-corrected chi connectivity index (χ0v) is 10.6. The van der Waals surface area contributed by atoms with E-state index in [1.807, 2.05) is 11.8 Å². The molecule has 1 N–H and O–H groups in total. The van der Waals surface area contributed by atoms with Crippen molar-refractivity contribution in [1.82, 2.24) is 5.32 Å². The van der Waals surface area contributed by atoms with Crippen LogP contribution in [0.3, 0.4) is 0 Å². The van der Waals surface area contributed by atoms with Gasteiger partial charge in [0.25, 0.3) is 0 Å². The Labute approximate surface area is 97.3 Å². The third-order valence-electron chi connectivity index (χ3n) is 2.84. The van der Waals surface area contributed by atoms with Gasteiger partial charge in [0.15, 0.2) is 0 Å². The lowest BCUT2D eigenvalue weighted by molar-refractivity contribution is 0.179. The number of rotatable bonds is 8. The molecule has 0 aromatic heterocycles. The number of hydrogen-bond donors (Lipinski definition) is 1. The van der Waals surface area contributed by atoms with Crippen LogP contribution in [0.2, 0.25) is 0 Å². The molecule has 0 aromatic carbocycles. The minimum absolute atomic E-state index is 0.611. The quantitative estimate of drug-likeness (QED) is 0.642. The highest BCUT2D eigenvalue weighted by atomic mass is 32.2. The maximum absolute atomic E-state index is 5.42. The minimum atomic E-state index is 0.611. The Morgan fingerprint density at radius 3 is 3.07 bits per heavy atom. The second-order valence-corrected chi connectivity index (χ2v) is 5.09. The molecule has 0 aromatic rings. The second kappa shape index (κ2) is 8.39. The molecule has 2 unspecified atom stereocenters. The van der Waals surface area contributed by atoms with Gasteiger partial charge in [-0.3, -0.25) is 0 Å². The maximum atomic E-state index is 5.42. The van der Waals surface area contributed by atoms with Crippen LogP contribution in [0.1, 0.15) is 12.8 Å². The Hall–Kier alpha value is 0.230. The van der Waals surface area contributed by atoms with Gasteiger partial charge >= 0.3 is 0 Å². The fraction of sp³-hybridized carbons (Fsp3) is 1.00. The zero-order chi connectivity index (χ0) is 10.9. The molecule has 1 fully saturated rings. The smallest absolute Gasteiger partial charge is 0.0510 e. The summed E-state index contributed by atoms with van der Waals surface area (Å²) in [6.07, 6.45) is 2.36. The van der Waals surface area contributed by atoms with Crippen LogP contribution in [0, 0.1) is 5.92 Å². The molecule has 0 bridgehead atoms. The Morgan fingerprint density at radius 1 is 1.60 bits per heavy atom. The molecule has 0 spiro atoms. The SMILES string of the molecule is CNC(CSCCCOC)C1CCOC1. The normalized spacial score (nSPS) is 23.2. The van der Waals surface area contributed by atoms with E-state index in [-0.39, 0.29) is 0 Å². The summed E-state index contributed by atoms with van der Waals surface area (Å²) in [5, 5.41) is 3.40. The summed E-state index contributed by atoms with van der Waals surface area (Å²) in [5.74, 6) is 3.10. The summed E-state index contributed by atoms with van der Waals surface area (Å²) < 4.78 is 10.4. The van der Waals surface area contributed by atoms with Crippen LogP contribution in [0.25, 0.3) is 0 Å². The van der Waals surface area contributed by atoms with E-state index in [0.717, 1.165) is 26.2 Å². The van der Waals surface area contributed by atoms with E-state index in [4.69, 9.17) is 9.47 Å². The van der Waals surface area contributed by atoms with Gasteiger partial charge in [-0.1, -0.05) is 0 Å². The molecule has 0 radical (unpaired) electrons. The second-order valence-electron chi connectivity index (χ2n) is 3.94. The molecule has 0 amide bonds. The van der Waals surface area contributed by atoms with Gasteiger partial charge in [0.2, 0.25) is 0 Å². The number of nitrogens with one attached hydrogen (secondary N) is 1. The van der Waals surface area contributed by atoms with Gasteiger partial charge in [-0.05, 0) is 25.6 Å². The van der Waals surface area contributed by atoms with Gasteiger partial charge in [0.1, 0.15) is 0 Å². The number of hydrogen-bond acceptors (Lipinski definition) is 4. The lowest BCUT2D eigenvalue weighted by Gasteiger charge is -2.21. The Morgan fingerprint density at radius 2 is 2.47 bits per heavy atom.